The molecule has 0 fully saturated rings. The molecule has 8 heteroatoms. The first-order valence-corrected chi connectivity index (χ1v) is 7.74. The van der Waals surface area contributed by atoms with Crippen LogP contribution in [0.5, 0.6) is 0 Å². The summed E-state index contributed by atoms with van der Waals surface area (Å²) in [5.74, 6) is 0.281. The van der Waals surface area contributed by atoms with Gasteiger partial charge in [-0.1, -0.05) is 12.1 Å². The van der Waals surface area contributed by atoms with Gasteiger partial charge in [-0.15, -0.1) is 0 Å². The molecule has 0 radical (unpaired) electrons. The predicted octanol–water partition coefficient (Wildman–Crippen LogP) is 1.14. The van der Waals surface area contributed by atoms with E-state index < -0.39 is 10.2 Å². The number of rotatable bonds is 7. The lowest BCUT2D eigenvalue weighted by atomic mass is 10.2. The van der Waals surface area contributed by atoms with Crippen LogP contribution in [0.1, 0.15) is 25.3 Å². The fraction of sp³-hybridized carbons (Fsp3) is 0.667. The van der Waals surface area contributed by atoms with Gasteiger partial charge in [0.15, 0.2) is 0 Å². The molecule has 20 heavy (non-hydrogen) atoms. The minimum Gasteiger partial charge on any atom is -0.361 e. The lowest BCUT2D eigenvalue weighted by molar-refractivity contribution is 0.340. The normalized spacial score (nSPS) is 13.7. The van der Waals surface area contributed by atoms with Gasteiger partial charge in [0.25, 0.3) is 10.2 Å². The molecule has 1 heterocycles. The highest BCUT2D eigenvalue weighted by molar-refractivity contribution is 7.86. The zero-order valence-corrected chi connectivity index (χ0v) is 13.0. The molecule has 1 unspecified atom stereocenters. The van der Waals surface area contributed by atoms with Gasteiger partial charge in [0.1, 0.15) is 5.76 Å². The van der Waals surface area contributed by atoms with E-state index >= 15 is 0 Å². The van der Waals surface area contributed by atoms with E-state index in [2.05, 4.69) is 5.16 Å². The van der Waals surface area contributed by atoms with Crippen LogP contribution >= 0.6 is 0 Å². The summed E-state index contributed by atoms with van der Waals surface area (Å²) in [6.45, 7) is 5.82. The third-order valence-electron chi connectivity index (χ3n) is 2.83. The van der Waals surface area contributed by atoms with E-state index in [1.54, 1.807) is 26.8 Å². The van der Waals surface area contributed by atoms with Crippen LogP contribution in [0.15, 0.2) is 10.6 Å². The minimum atomic E-state index is -3.61. The summed E-state index contributed by atoms with van der Waals surface area (Å²) in [5, 5.41) is 12.6. The Balaban J connectivity index is 2.82. The van der Waals surface area contributed by atoms with Crippen molar-refractivity contribution < 1.29 is 12.9 Å². The topological polar surface area (TPSA) is 90.4 Å². The third kappa shape index (κ3) is 4.03. The van der Waals surface area contributed by atoms with Crippen molar-refractivity contribution in [2.75, 3.05) is 20.1 Å². The summed E-state index contributed by atoms with van der Waals surface area (Å²) in [6, 6.07) is 3.74. The largest absolute Gasteiger partial charge is 0.361 e. The molecule has 0 amide bonds. The Hall–Kier alpha value is -1.43. The van der Waals surface area contributed by atoms with Crippen LogP contribution in [0.3, 0.4) is 0 Å². The molecule has 0 saturated carbocycles. The summed E-state index contributed by atoms with van der Waals surface area (Å²) in [6.07, 6.45) is 0. The summed E-state index contributed by atoms with van der Waals surface area (Å²) in [5.41, 5.74) is 0.554. The molecule has 0 aliphatic rings. The maximum absolute atomic E-state index is 12.4. The molecule has 0 bridgehead atoms. The molecule has 112 valence electrons. The third-order valence-corrected chi connectivity index (χ3v) is 4.81. The van der Waals surface area contributed by atoms with Gasteiger partial charge >= 0.3 is 0 Å². The van der Waals surface area contributed by atoms with Crippen molar-refractivity contribution in [3.05, 3.63) is 17.5 Å². The maximum atomic E-state index is 12.4. The van der Waals surface area contributed by atoms with Crippen LogP contribution < -0.4 is 0 Å². The van der Waals surface area contributed by atoms with E-state index in [0.717, 1.165) is 0 Å². The van der Waals surface area contributed by atoms with Crippen molar-refractivity contribution >= 4 is 10.2 Å². The first kappa shape index (κ1) is 16.6. The number of aromatic nitrogens is 1. The van der Waals surface area contributed by atoms with E-state index in [-0.39, 0.29) is 19.0 Å². The van der Waals surface area contributed by atoms with Crippen LogP contribution in [-0.2, 0) is 16.8 Å². The van der Waals surface area contributed by atoms with E-state index in [1.807, 2.05) is 6.07 Å². The molecular weight excluding hydrogens is 280 g/mol. The number of hydrogen-bond acceptors (Lipinski definition) is 5. The smallest absolute Gasteiger partial charge is 0.282 e. The van der Waals surface area contributed by atoms with E-state index in [1.165, 1.54) is 15.7 Å². The van der Waals surface area contributed by atoms with Crippen molar-refractivity contribution in [3.63, 3.8) is 0 Å². The van der Waals surface area contributed by atoms with Crippen LogP contribution in [-0.4, -0.2) is 42.3 Å². The summed E-state index contributed by atoms with van der Waals surface area (Å²) in [7, 11) is -2.13. The second kappa shape index (κ2) is 6.83. The molecule has 0 spiro atoms. The Morgan fingerprint density at radius 1 is 1.55 bits per heavy atom. The fourth-order valence-corrected chi connectivity index (χ4v) is 3.16. The quantitative estimate of drug-likeness (QED) is 0.753. The van der Waals surface area contributed by atoms with Crippen molar-refractivity contribution in [3.8, 4) is 6.07 Å². The average molecular weight is 300 g/mol. The van der Waals surface area contributed by atoms with Crippen molar-refractivity contribution in [1.29, 1.82) is 5.26 Å². The molecule has 1 aromatic heterocycles. The highest BCUT2D eigenvalue weighted by Gasteiger charge is 2.27. The minimum absolute atomic E-state index is 0.136. The van der Waals surface area contributed by atoms with Gasteiger partial charge in [0.2, 0.25) is 0 Å². The predicted molar refractivity (Wildman–Crippen MR) is 73.7 cm³/mol. The lowest BCUT2D eigenvalue weighted by Crippen LogP contribution is -2.43. The first-order valence-electron chi connectivity index (χ1n) is 6.34. The zero-order chi connectivity index (χ0) is 15.3. The van der Waals surface area contributed by atoms with Crippen molar-refractivity contribution in [2.45, 2.75) is 27.3 Å². The van der Waals surface area contributed by atoms with Crippen molar-refractivity contribution in [2.24, 2.45) is 5.92 Å². The Labute approximate surface area is 119 Å². The Kier molecular flexibility index (Phi) is 5.68. The fourth-order valence-electron chi connectivity index (χ4n) is 1.73. The molecule has 1 atom stereocenters. The van der Waals surface area contributed by atoms with E-state index in [9.17, 15) is 8.42 Å². The molecule has 0 saturated heterocycles. The highest BCUT2D eigenvalue weighted by Crippen LogP contribution is 2.13. The second-order valence-corrected chi connectivity index (χ2v) is 6.71. The van der Waals surface area contributed by atoms with Gasteiger partial charge in [-0.3, -0.25) is 0 Å². The van der Waals surface area contributed by atoms with Crippen LogP contribution in [0.25, 0.3) is 0 Å². The Morgan fingerprint density at radius 3 is 2.65 bits per heavy atom. The molecule has 0 aromatic carbocycles. The van der Waals surface area contributed by atoms with Crippen LogP contribution in [0.2, 0.25) is 0 Å². The zero-order valence-electron chi connectivity index (χ0n) is 12.2. The summed E-state index contributed by atoms with van der Waals surface area (Å²) in [4.78, 5) is 0. The Bertz CT molecular complexity index is 576. The summed E-state index contributed by atoms with van der Waals surface area (Å²) < 4.78 is 32.2. The van der Waals surface area contributed by atoms with Crippen LogP contribution in [0.4, 0.5) is 0 Å². The summed E-state index contributed by atoms with van der Waals surface area (Å²) >= 11 is 0. The maximum Gasteiger partial charge on any atom is 0.282 e. The van der Waals surface area contributed by atoms with E-state index in [0.29, 0.717) is 18.0 Å². The molecule has 0 aliphatic carbocycles. The average Bonchev–Trinajstić information content (AvgIpc) is 2.80. The molecule has 0 N–H and O–H groups in total. The molecule has 7 nitrogen and oxygen atoms in total. The van der Waals surface area contributed by atoms with Gasteiger partial charge in [0.05, 0.1) is 24.2 Å². The van der Waals surface area contributed by atoms with Gasteiger partial charge in [-0.25, -0.2) is 0 Å². The van der Waals surface area contributed by atoms with Gasteiger partial charge < -0.3 is 4.52 Å². The van der Waals surface area contributed by atoms with Gasteiger partial charge in [-0.2, -0.15) is 22.3 Å². The molecule has 1 aromatic rings. The molecule has 0 aliphatic heterocycles. The number of nitrogens with zero attached hydrogens (tertiary/aromatic N) is 4. The molecule has 1 rings (SSSR count). The standard InChI is InChI=1S/C12H20N4O3S/c1-5-16(8-10(2)7-13)20(17,18)15(4)9-12-6-11(3)19-14-12/h6,10H,5,8-9H2,1-4H3. The Morgan fingerprint density at radius 2 is 2.20 bits per heavy atom. The first-order chi connectivity index (χ1) is 9.31. The van der Waals surface area contributed by atoms with Crippen LogP contribution in [0, 0.1) is 24.2 Å². The van der Waals surface area contributed by atoms with Gasteiger partial charge in [0, 0.05) is 26.2 Å². The van der Waals surface area contributed by atoms with Crippen molar-refractivity contribution in [1.82, 2.24) is 13.8 Å². The number of hydrogen-bond donors (Lipinski definition) is 0. The SMILES string of the molecule is CCN(CC(C)C#N)S(=O)(=O)N(C)Cc1cc(C)on1. The highest BCUT2D eigenvalue weighted by atomic mass is 32.2. The second-order valence-electron chi connectivity index (χ2n) is 4.67. The monoisotopic (exact) mass is 300 g/mol. The molecular formula is C12H20N4O3S. The number of aryl methyl sites for hydroxylation is 1. The van der Waals surface area contributed by atoms with Gasteiger partial charge in [-0.05, 0) is 13.8 Å². The van der Waals surface area contributed by atoms with E-state index in [4.69, 9.17) is 9.78 Å². The number of nitriles is 1. The lowest BCUT2D eigenvalue weighted by Gasteiger charge is -2.26.